The maximum atomic E-state index is 13.1. The van der Waals surface area contributed by atoms with Gasteiger partial charge in [-0.25, -0.2) is 9.78 Å². The summed E-state index contributed by atoms with van der Waals surface area (Å²) in [4.78, 5) is 19.8. The van der Waals surface area contributed by atoms with Crippen molar-refractivity contribution in [3.8, 4) is 0 Å². The lowest BCUT2D eigenvalue weighted by Gasteiger charge is -2.44. The molecule has 1 aromatic heterocycles. The predicted molar refractivity (Wildman–Crippen MR) is 98.0 cm³/mol. The zero-order valence-corrected chi connectivity index (χ0v) is 16.9. The molecule has 0 radical (unpaired) electrons. The number of pyridine rings is 1. The highest BCUT2D eigenvalue weighted by Gasteiger charge is 2.36. The fourth-order valence-corrected chi connectivity index (χ4v) is 3.16. The maximum Gasteiger partial charge on any atom is 0.416 e. The molecular weight excluding hydrogens is 383 g/mol. The Morgan fingerprint density at radius 3 is 2.41 bits per heavy atom. The first-order valence-corrected chi connectivity index (χ1v) is 9.15. The summed E-state index contributed by atoms with van der Waals surface area (Å²) in [6, 6.07) is 1.61. The quantitative estimate of drug-likeness (QED) is 0.658. The Kier molecular flexibility index (Phi) is 6.19. The van der Waals surface area contributed by atoms with Gasteiger partial charge < -0.3 is 14.5 Å². The molecule has 1 aromatic rings. The summed E-state index contributed by atoms with van der Waals surface area (Å²) in [6.07, 6.45) is -4.93. The fraction of sp³-hybridized carbons (Fsp3) is 0.667. The average molecular weight is 408 g/mol. The second-order valence-electron chi connectivity index (χ2n) is 7.97. The minimum atomic E-state index is -4.51. The van der Waals surface area contributed by atoms with Crippen molar-refractivity contribution < 1.29 is 22.7 Å². The van der Waals surface area contributed by atoms with Gasteiger partial charge in [0.05, 0.1) is 11.6 Å². The molecule has 2 rings (SSSR count). The highest BCUT2D eigenvalue weighted by Crippen LogP contribution is 2.34. The Morgan fingerprint density at radius 1 is 1.26 bits per heavy atom. The summed E-state index contributed by atoms with van der Waals surface area (Å²) in [5, 5.41) is -0.211. The highest BCUT2D eigenvalue weighted by atomic mass is 35.5. The molecule has 152 valence electrons. The van der Waals surface area contributed by atoms with Gasteiger partial charge >= 0.3 is 12.3 Å². The van der Waals surface area contributed by atoms with Gasteiger partial charge in [0.1, 0.15) is 16.6 Å². The van der Waals surface area contributed by atoms with E-state index in [1.54, 1.807) is 30.6 Å². The lowest BCUT2D eigenvalue weighted by molar-refractivity contribution is -0.137. The molecule has 1 aliphatic heterocycles. The molecule has 0 saturated carbocycles. The van der Waals surface area contributed by atoms with Gasteiger partial charge in [0.15, 0.2) is 0 Å². The van der Waals surface area contributed by atoms with E-state index < -0.39 is 23.4 Å². The number of alkyl halides is 3. The van der Waals surface area contributed by atoms with Gasteiger partial charge in [-0.05, 0) is 38.8 Å². The molecule has 2 heterocycles. The van der Waals surface area contributed by atoms with Crippen LogP contribution >= 0.6 is 11.6 Å². The average Bonchev–Trinajstić information content (AvgIpc) is 2.51. The number of halogens is 4. The Bertz CT molecular complexity index is 689. The molecule has 5 nitrogen and oxygen atoms in total. The molecule has 1 atom stereocenters. The van der Waals surface area contributed by atoms with Crippen LogP contribution in [-0.4, -0.2) is 47.3 Å². The van der Waals surface area contributed by atoms with Crippen LogP contribution in [0.15, 0.2) is 12.1 Å². The lowest BCUT2D eigenvalue weighted by Crippen LogP contribution is -2.57. The number of nitrogens with zero attached hydrogens (tertiary/aromatic N) is 3. The molecule has 0 bridgehead atoms. The van der Waals surface area contributed by atoms with E-state index in [4.69, 9.17) is 16.3 Å². The second-order valence-corrected chi connectivity index (χ2v) is 8.35. The minimum Gasteiger partial charge on any atom is -0.444 e. The number of hydrogen-bond acceptors (Lipinski definition) is 4. The van der Waals surface area contributed by atoms with Crippen molar-refractivity contribution in [2.45, 2.75) is 52.4 Å². The maximum absolute atomic E-state index is 13.1. The number of carbonyl (C=O) groups excluding carboxylic acids is 1. The van der Waals surface area contributed by atoms with Crippen molar-refractivity contribution in [2.75, 3.05) is 24.5 Å². The Hall–Kier alpha value is -1.70. The zero-order chi connectivity index (χ0) is 20.6. The minimum absolute atomic E-state index is 0.0744. The first-order chi connectivity index (χ1) is 12.3. The van der Waals surface area contributed by atoms with E-state index in [1.165, 1.54) is 0 Å². The number of rotatable bonds is 2. The monoisotopic (exact) mass is 407 g/mol. The number of piperazine rings is 1. The number of hydrogen-bond donors (Lipinski definition) is 0. The van der Waals surface area contributed by atoms with Gasteiger partial charge in [0, 0.05) is 19.6 Å². The Labute approximate surface area is 162 Å². The summed E-state index contributed by atoms with van der Waals surface area (Å²) in [6.45, 7) is 10.3. The third-order valence-corrected chi connectivity index (χ3v) is 4.44. The van der Waals surface area contributed by atoms with Crippen molar-refractivity contribution >= 4 is 23.5 Å². The van der Waals surface area contributed by atoms with E-state index >= 15 is 0 Å². The molecule has 1 fully saturated rings. The van der Waals surface area contributed by atoms with E-state index in [0.29, 0.717) is 19.6 Å². The third-order valence-electron chi connectivity index (χ3n) is 4.24. The summed E-state index contributed by atoms with van der Waals surface area (Å²) in [5.74, 6) is 0.239. The summed E-state index contributed by atoms with van der Waals surface area (Å²) in [7, 11) is 0. The van der Waals surface area contributed by atoms with Crippen molar-refractivity contribution in [1.82, 2.24) is 9.88 Å². The summed E-state index contributed by atoms with van der Waals surface area (Å²) in [5.41, 5.74) is -1.45. The van der Waals surface area contributed by atoms with Crippen LogP contribution in [0, 0.1) is 5.92 Å². The Morgan fingerprint density at radius 2 is 1.89 bits per heavy atom. The van der Waals surface area contributed by atoms with Gasteiger partial charge in [-0.3, -0.25) is 0 Å². The van der Waals surface area contributed by atoms with E-state index in [9.17, 15) is 18.0 Å². The van der Waals surface area contributed by atoms with Gasteiger partial charge in [-0.15, -0.1) is 0 Å². The molecular formula is C18H25ClF3N3O2. The normalized spacial score (nSPS) is 18.8. The van der Waals surface area contributed by atoms with Crippen LogP contribution in [0.5, 0.6) is 0 Å². The number of anilines is 1. The second kappa shape index (κ2) is 7.73. The van der Waals surface area contributed by atoms with Crippen LogP contribution in [0.2, 0.25) is 5.15 Å². The molecule has 1 amide bonds. The largest absolute Gasteiger partial charge is 0.444 e. The number of carbonyl (C=O) groups is 1. The van der Waals surface area contributed by atoms with Crippen LogP contribution in [0.3, 0.4) is 0 Å². The third kappa shape index (κ3) is 5.64. The smallest absolute Gasteiger partial charge is 0.416 e. The van der Waals surface area contributed by atoms with Gasteiger partial charge in [-0.1, -0.05) is 25.4 Å². The molecule has 1 saturated heterocycles. The number of ether oxygens (including phenoxy) is 1. The highest BCUT2D eigenvalue weighted by molar-refractivity contribution is 6.29. The molecule has 1 aliphatic rings. The molecule has 0 N–H and O–H groups in total. The van der Waals surface area contributed by atoms with Crippen LogP contribution in [0.1, 0.15) is 40.2 Å². The molecule has 0 spiro atoms. The van der Waals surface area contributed by atoms with Gasteiger partial charge in [0.25, 0.3) is 0 Å². The summed E-state index contributed by atoms with van der Waals surface area (Å²) < 4.78 is 44.8. The van der Waals surface area contributed by atoms with Gasteiger partial charge in [-0.2, -0.15) is 13.2 Å². The first kappa shape index (κ1) is 21.6. The fourth-order valence-electron chi connectivity index (χ4n) is 2.95. The summed E-state index contributed by atoms with van der Waals surface area (Å²) >= 11 is 5.83. The van der Waals surface area contributed by atoms with E-state index in [2.05, 4.69) is 4.98 Å². The molecule has 27 heavy (non-hydrogen) atoms. The van der Waals surface area contributed by atoms with E-state index in [1.807, 2.05) is 13.8 Å². The lowest BCUT2D eigenvalue weighted by atomic mass is 9.99. The van der Waals surface area contributed by atoms with Crippen LogP contribution < -0.4 is 4.90 Å². The van der Waals surface area contributed by atoms with E-state index in [-0.39, 0.29) is 22.9 Å². The Balaban J connectivity index is 2.27. The predicted octanol–water partition coefficient (Wildman–Crippen LogP) is 4.84. The molecule has 9 heteroatoms. The van der Waals surface area contributed by atoms with Crippen molar-refractivity contribution in [3.05, 3.63) is 22.8 Å². The van der Waals surface area contributed by atoms with Crippen LogP contribution in [0.4, 0.5) is 23.8 Å². The SMILES string of the molecule is CC(C)C1CN(C(=O)OC(C)(C)C)CCN1c1cc(C(F)(F)F)cc(Cl)n1. The van der Waals surface area contributed by atoms with Crippen molar-refractivity contribution in [3.63, 3.8) is 0 Å². The van der Waals surface area contributed by atoms with Crippen LogP contribution in [-0.2, 0) is 10.9 Å². The first-order valence-electron chi connectivity index (χ1n) is 8.77. The zero-order valence-electron chi connectivity index (χ0n) is 16.1. The van der Waals surface area contributed by atoms with Crippen molar-refractivity contribution in [2.24, 2.45) is 5.92 Å². The number of amides is 1. The standard InChI is InChI=1S/C18H25ClF3N3O2/c1-11(2)13-10-24(16(26)27-17(3,4)5)6-7-25(13)15-9-12(18(20,21)22)8-14(19)23-15/h8-9,11,13H,6-7,10H2,1-5H3. The number of aromatic nitrogens is 1. The molecule has 0 aliphatic carbocycles. The topological polar surface area (TPSA) is 45.7 Å². The van der Waals surface area contributed by atoms with E-state index in [0.717, 1.165) is 12.1 Å². The van der Waals surface area contributed by atoms with Gasteiger partial charge in [0.2, 0.25) is 0 Å². The van der Waals surface area contributed by atoms with Crippen LogP contribution in [0.25, 0.3) is 0 Å². The molecule has 1 unspecified atom stereocenters. The van der Waals surface area contributed by atoms with Crippen molar-refractivity contribution in [1.29, 1.82) is 0 Å². The molecule has 0 aromatic carbocycles.